The molecule has 0 unspecified atom stereocenters. The zero-order valence-electron chi connectivity index (χ0n) is 8.20. The van der Waals surface area contributed by atoms with Crippen LogP contribution in [0.2, 0.25) is 0 Å². The number of rotatable bonds is 1. The van der Waals surface area contributed by atoms with Crippen molar-refractivity contribution >= 4 is 11.9 Å². The normalized spacial score (nSPS) is 9.07. The third-order valence-corrected chi connectivity index (χ3v) is 2.09. The van der Waals surface area contributed by atoms with Crippen LogP contribution in [0.4, 0.5) is 0 Å². The molecule has 2 aromatic carbocycles. The largest absolute Gasteiger partial charge is 0.258 e. The van der Waals surface area contributed by atoms with E-state index in [2.05, 4.69) is 11.9 Å². The summed E-state index contributed by atoms with van der Waals surface area (Å²) in [6.07, 6.45) is 3.27. The van der Waals surface area contributed by atoms with E-state index >= 15 is 0 Å². The van der Waals surface area contributed by atoms with Crippen molar-refractivity contribution in [1.82, 2.24) is 0 Å². The SMILES string of the molecule is N=C=c1ccc(=[C+]c2ccccc2)cc1. The van der Waals surface area contributed by atoms with Gasteiger partial charge in [-0.15, -0.1) is 0 Å². The minimum atomic E-state index is 0.786. The molecular formula is C14H10N+. The number of nitrogens with one attached hydrogen (secondary N) is 1. The number of hydrogen-bond donors (Lipinski definition) is 1. The van der Waals surface area contributed by atoms with Crippen molar-refractivity contribution in [2.75, 3.05) is 0 Å². The predicted molar refractivity (Wildman–Crippen MR) is 61.5 cm³/mol. The van der Waals surface area contributed by atoms with Crippen molar-refractivity contribution in [3.63, 3.8) is 0 Å². The third-order valence-electron chi connectivity index (χ3n) is 2.09. The Kier molecular flexibility index (Phi) is 2.71. The maximum Gasteiger partial charge on any atom is 0.122 e. The maximum atomic E-state index is 6.96. The summed E-state index contributed by atoms with van der Waals surface area (Å²) >= 11 is 0. The van der Waals surface area contributed by atoms with Crippen LogP contribution in [0.5, 0.6) is 0 Å². The molecule has 0 aromatic heterocycles. The molecule has 0 aliphatic heterocycles. The molecule has 1 N–H and O–H groups in total. The van der Waals surface area contributed by atoms with Crippen LogP contribution in [0.1, 0.15) is 5.56 Å². The van der Waals surface area contributed by atoms with E-state index in [1.807, 2.05) is 54.6 Å². The molecule has 0 saturated carbocycles. The summed E-state index contributed by atoms with van der Waals surface area (Å²) in [5.41, 5.74) is 1.06. The predicted octanol–water partition coefficient (Wildman–Crippen LogP) is 1.31. The molecule has 0 bridgehead atoms. The Morgan fingerprint density at radius 1 is 0.867 bits per heavy atom. The lowest BCUT2D eigenvalue weighted by Crippen LogP contribution is -2.07. The molecular weight excluding hydrogens is 182 g/mol. The van der Waals surface area contributed by atoms with Crippen molar-refractivity contribution in [3.8, 4) is 0 Å². The van der Waals surface area contributed by atoms with E-state index in [9.17, 15) is 0 Å². The van der Waals surface area contributed by atoms with Gasteiger partial charge in [0.25, 0.3) is 0 Å². The van der Waals surface area contributed by atoms with Crippen LogP contribution in [0.15, 0.2) is 54.6 Å². The van der Waals surface area contributed by atoms with Crippen LogP contribution in [-0.2, 0) is 0 Å². The Morgan fingerprint density at radius 2 is 1.53 bits per heavy atom. The lowest BCUT2D eigenvalue weighted by atomic mass is 10.1. The molecule has 0 fully saturated rings. The van der Waals surface area contributed by atoms with Gasteiger partial charge in [0.1, 0.15) is 10.8 Å². The van der Waals surface area contributed by atoms with Gasteiger partial charge in [-0.3, -0.25) is 5.41 Å². The molecule has 1 nitrogen and oxygen atoms in total. The molecule has 0 radical (unpaired) electrons. The molecule has 0 atom stereocenters. The van der Waals surface area contributed by atoms with Gasteiger partial charge in [-0.1, -0.05) is 0 Å². The zero-order valence-corrected chi connectivity index (χ0v) is 8.20. The fourth-order valence-corrected chi connectivity index (χ4v) is 1.33. The fourth-order valence-electron chi connectivity index (χ4n) is 1.33. The van der Waals surface area contributed by atoms with Crippen LogP contribution in [0.3, 0.4) is 0 Å². The van der Waals surface area contributed by atoms with E-state index < -0.39 is 0 Å². The molecule has 0 amide bonds. The summed E-state index contributed by atoms with van der Waals surface area (Å²) in [7, 11) is 0. The highest BCUT2D eigenvalue weighted by atomic mass is 14.3. The molecule has 15 heavy (non-hydrogen) atoms. The van der Waals surface area contributed by atoms with E-state index in [1.54, 1.807) is 0 Å². The van der Waals surface area contributed by atoms with Crippen LogP contribution in [0, 0.1) is 5.41 Å². The van der Waals surface area contributed by atoms with Crippen molar-refractivity contribution in [2.45, 2.75) is 0 Å². The highest BCUT2D eigenvalue weighted by molar-refractivity contribution is 5.51. The second-order valence-electron chi connectivity index (χ2n) is 3.19. The quantitative estimate of drug-likeness (QED) is 0.520. The van der Waals surface area contributed by atoms with Gasteiger partial charge in [0.15, 0.2) is 0 Å². The standard InChI is InChI=1S/C14H10N/c15-11-14-8-6-13(7-9-14)10-12-4-2-1-3-5-12/h1-9,15H/q+1. The molecule has 1 heteroatoms. The van der Waals surface area contributed by atoms with E-state index in [0.717, 1.165) is 16.0 Å². The Morgan fingerprint density at radius 3 is 2.13 bits per heavy atom. The minimum absolute atomic E-state index is 0.786. The molecule has 70 valence electrons. The van der Waals surface area contributed by atoms with E-state index in [1.165, 1.54) is 0 Å². The van der Waals surface area contributed by atoms with E-state index in [4.69, 9.17) is 5.41 Å². The Labute approximate surface area is 88.5 Å². The second kappa shape index (κ2) is 4.34. The molecule has 2 rings (SSSR count). The number of benzene rings is 2. The van der Waals surface area contributed by atoms with Gasteiger partial charge in [-0.25, -0.2) is 0 Å². The van der Waals surface area contributed by atoms with Gasteiger partial charge in [-0.05, 0) is 36.2 Å². The summed E-state index contributed by atoms with van der Waals surface area (Å²) < 4.78 is 0. The lowest BCUT2D eigenvalue weighted by Gasteiger charge is -1.82. The first kappa shape index (κ1) is 9.36. The van der Waals surface area contributed by atoms with Gasteiger partial charge in [-0.2, -0.15) is 0 Å². The highest BCUT2D eigenvalue weighted by Crippen LogP contribution is 1.97. The minimum Gasteiger partial charge on any atom is -0.258 e. The topological polar surface area (TPSA) is 23.9 Å². The van der Waals surface area contributed by atoms with Gasteiger partial charge < -0.3 is 0 Å². The Hall–Kier alpha value is -2.20. The van der Waals surface area contributed by atoms with Gasteiger partial charge in [0, 0.05) is 30.3 Å². The van der Waals surface area contributed by atoms with Crippen LogP contribution < -0.4 is 10.4 Å². The summed E-state index contributed by atoms with van der Waals surface area (Å²) in [5, 5.41) is 8.76. The van der Waals surface area contributed by atoms with Gasteiger partial charge >= 0.3 is 0 Å². The third kappa shape index (κ3) is 2.38. The summed E-state index contributed by atoms with van der Waals surface area (Å²) in [6, 6.07) is 17.6. The van der Waals surface area contributed by atoms with Crippen LogP contribution in [-0.4, -0.2) is 5.87 Å². The van der Waals surface area contributed by atoms with Gasteiger partial charge in [0.05, 0.1) is 5.22 Å². The van der Waals surface area contributed by atoms with Crippen molar-refractivity contribution in [2.24, 2.45) is 0 Å². The average molecular weight is 192 g/mol. The molecule has 0 heterocycles. The Balaban J connectivity index is 2.47. The zero-order chi connectivity index (χ0) is 10.5. The smallest absolute Gasteiger partial charge is 0.122 e. The summed E-state index contributed by atoms with van der Waals surface area (Å²) in [6.45, 7) is 0. The van der Waals surface area contributed by atoms with Crippen LogP contribution in [0.25, 0.3) is 6.08 Å². The Bertz CT molecular complexity index is 555. The highest BCUT2D eigenvalue weighted by Gasteiger charge is 1.92. The maximum absolute atomic E-state index is 6.96. The van der Waals surface area contributed by atoms with Crippen molar-refractivity contribution < 1.29 is 0 Å². The monoisotopic (exact) mass is 192 g/mol. The number of hydrogen-bond acceptors (Lipinski definition) is 1. The first-order valence-electron chi connectivity index (χ1n) is 4.73. The molecule has 0 saturated heterocycles. The second-order valence-corrected chi connectivity index (χ2v) is 3.19. The molecule has 0 aliphatic rings. The van der Waals surface area contributed by atoms with E-state index in [-0.39, 0.29) is 0 Å². The molecule has 0 aliphatic carbocycles. The fraction of sp³-hybridized carbons (Fsp3) is 0. The van der Waals surface area contributed by atoms with Gasteiger partial charge in [0.2, 0.25) is 0 Å². The molecule has 0 spiro atoms. The van der Waals surface area contributed by atoms with Crippen molar-refractivity contribution in [1.29, 1.82) is 5.41 Å². The first-order valence-corrected chi connectivity index (χ1v) is 4.73. The van der Waals surface area contributed by atoms with E-state index in [0.29, 0.717) is 0 Å². The lowest BCUT2D eigenvalue weighted by molar-refractivity contribution is 1.51. The molecule has 2 aromatic rings. The van der Waals surface area contributed by atoms with Crippen molar-refractivity contribution in [3.05, 3.63) is 70.6 Å². The average Bonchev–Trinajstić information content (AvgIpc) is 2.31. The van der Waals surface area contributed by atoms with Crippen LogP contribution >= 0.6 is 0 Å². The summed E-state index contributed by atoms with van der Waals surface area (Å²) in [5.74, 6) is 2.34. The first-order chi connectivity index (χ1) is 7.38. The summed E-state index contributed by atoms with van der Waals surface area (Å²) in [4.78, 5) is 0.